The summed E-state index contributed by atoms with van der Waals surface area (Å²) in [6, 6.07) is 0. The second-order valence-corrected chi connectivity index (χ2v) is 5.58. The number of carboxylic acid groups (broad SMARTS) is 1. The Labute approximate surface area is 121 Å². The Morgan fingerprint density at radius 2 is 1.85 bits per heavy atom. The van der Waals surface area contributed by atoms with E-state index in [4.69, 9.17) is 4.74 Å². The molecule has 5 heteroatoms. The molecule has 0 aliphatic heterocycles. The molecule has 1 amide bonds. The third-order valence-electron chi connectivity index (χ3n) is 4.03. The summed E-state index contributed by atoms with van der Waals surface area (Å²) in [4.78, 5) is 23.3. The van der Waals surface area contributed by atoms with Gasteiger partial charge in [0.2, 0.25) is 5.91 Å². The van der Waals surface area contributed by atoms with E-state index in [1.165, 1.54) is 0 Å². The summed E-state index contributed by atoms with van der Waals surface area (Å²) in [7, 11) is 0. The highest BCUT2D eigenvalue weighted by Gasteiger charge is 2.38. The summed E-state index contributed by atoms with van der Waals surface area (Å²) in [6.07, 6.45) is 6.48. The number of nitrogens with one attached hydrogen (secondary N) is 1. The van der Waals surface area contributed by atoms with Crippen LogP contribution in [-0.4, -0.2) is 36.7 Å². The summed E-state index contributed by atoms with van der Waals surface area (Å²) in [5.41, 5.74) is -0.758. The fourth-order valence-electron chi connectivity index (χ4n) is 2.71. The molecule has 1 fully saturated rings. The number of hydrogen-bond acceptors (Lipinski definition) is 3. The molecule has 0 atom stereocenters. The van der Waals surface area contributed by atoms with E-state index >= 15 is 0 Å². The van der Waals surface area contributed by atoms with Crippen LogP contribution in [0.2, 0.25) is 0 Å². The van der Waals surface area contributed by atoms with E-state index in [0.717, 1.165) is 25.7 Å². The minimum Gasteiger partial charge on any atom is -0.481 e. The van der Waals surface area contributed by atoms with Gasteiger partial charge in [-0.05, 0) is 26.2 Å². The fourth-order valence-corrected chi connectivity index (χ4v) is 2.71. The van der Waals surface area contributed by atoms with Gasteiger partial charge < -0.3 is 15.2 Å². The predicted molar refractivity (Wildman–Crippen MR) is 76.5 cm³/mol. The molecule has 1 saturated carbocycles. The molecule has 116 valence electrons. The predicted octanol–water partition coefficient (Wildman–Crippen LogP) is 2.34. The average Bonchev–Trinajstić information content (AvgIpc) is 2.68. The van der Waals surface area contributed by atoms with Crippen molar-refractivity contribution in [1.29, 1.82) is 0 Å². The van der Waals surface area contributed by atoms with E-state index in [1.54, 1.807) is 0 Å². The van der Waals surface area contributed by atoms with Crippen LogP contribution in [0.4, 0.5) is 0 Å². The highest BCUT2D eigenvalue weighted by atomic mass is 16.5. The summed E-state index contributed by atoms with van der Waals surface area (Å²) < 4.78 is 5.18. The fraction of sp³-hybridized carbons (Fsp3) is 0.867. The van der Waals surface area contributed by atoms with E-state index in [2.05, 4.69) is 5.32 Å². The second kappa shape index (κ2) is 8.95. The van der Waals surface area contributed by atoms with Crippen molar-refractivity contribution >= 4 is 11.9 Å². The molecule has 0 aromatic heterocycles. The first-order chi connectivity index (χ1) is 9.60. The van der Waals surface area contributed by atoms with E-state index in [-0.39, 0.29) is 12.5 Å². The lowest BCUT2D eigenvalue weighted by atomic mass is 9.80. The van der Waals surface area contributed by atoms with E-state index < -0.39 is 11.4 Å². The zero-order valence-corrected chi connectivity index (χ0v) is 12.5. The van der Waals surface area contributed by atoms with Gasteiger partial charge in [0.25, 0.3) is 0 Å². The van der Waals surface area contributed by atoms with Crippen molar-refractivity contribution in [3.05, 3.63) is 0 Å². The summed E-state index contributed by atoms with van der Waals surface area (Å²) in [5.74, 6) is -0.844. The van der Waals surface area contributed by atoms with Crippen LogP contribution in [0, 0.1) is 5.41 Å². The van der Waals surface area contributed by atoms with Gasteiger partial charge in [-0.25, -0.2) is 0 Å². The number of ether oxygens (including phenoxy) is 1. The van der Waals surface area contributed by atoms with Crippen LogP contribution < -0.4 is 5.32 Å². The van der Waals surface area contributed by atoms with Gasteiger partial charge in [0.05, 0.1) is 5.41 Å². The smallest absolute Gasteiger partial charge is 0.311 e. The number of amides is 1. The molecule has 1 aliphatic carbocycles. The number of aliphatic carboxylic acids is 1. The van der Waals surface area contributed by atoms with E-state index in [1.807, 2.05) is 6.92 Å². The van der Waals surface area contributed by atoms with Gasteiger partial charge >= 0.3 is 5.97 Å². The topological polar surface area (TPSA) is 75.6 Å². The zero-order valence-electron chi connectivity index (χ0n) is 12.5. The van der Waals surface area contributed by atoms with Crippen LogP contribution in [0.3, 0.4) is 0 Å². The van der Waals surface area contributed by atoms with Crippen LogP contribution >= 0.6 is 0 Å². The molecule has 20 heavy (non-hydrogen) atoms. The largest absolute Gasteiger partial charge is 0.481 e. The van der Waals surface area contributed by atoms with Crippen LogP contribution in [0.1, 0.15) is 58.3 Å². The molecular formula is C15H27NO4. The molecular weight excluding hydrogens is 258 g/mol. The van der Waals surface area contributed by atoms with Gasteiger partial charge in [-0.1, -0.05) is 25.7 Å². The maximum atomic E-state index is 11.7. The number of rotatable bonds is 8. The van der Waals surface area contributed by atoms with Gasteiger partial charge in [0.1, 0.15) is 0 Å². The van der Waals surface area contributed by atoms with Crippen molar-refractivity contribution in [3.63, 3.8) is 0 Å². The highest BCUT2D eigenvalue weighted by molar-refractivity contribution is 5.79. The van der Waals surface area contributed by atoms with Crippen LogP contribution in [-0.2, 0) is 14.3 Å². The Kier molecular flexibility index (Phi) is 7.59. The first-order valence-electron chi connectivity index (χ1n) is 7.68. The Morgan fingerprint density at radius 3 is 2.40 bits per heavy atom. The third-order valence-corrected chi connectivity index (χ3v) is 4.03. The molecule has 0 aromatic carbocycles. The first kappa shape index (κ1) is 17.0. The molecule has 2 N–H and O–H groups in total. The van der Waals surface area contributed by atoms with Crippen molar-refractivity contribution in [2.45, 2.75) is 58.3 Å². The van der Waals surface area contributed by atoms with Gasteiger partial charge in [-0.15, -0.1) is 0 Å². The van der Waals surface area contributed by atoms with Crippen molar-refractivity contribution in [1.82, 2.24) is 5.32 Å². The highest BCUT2D eigenvalue weighted by Crippen LogP contribution is 2.34. The molecule has 0 unspecified atom stereocenters. The van der Waals surface area contributed by atoms with Gasteiger partial charge in [0, 0.05) is 26.2 Å². The molecule has 5 nitrogen and oxygen atoms in total. The molecule has 0 spiro atoms. The molecule has 0 heterocycles. The maximum Gasteiger partial charge on any atom is 0.311 e. The number of carbonyl (C=O) groups is 2. The first-order valence-corrected chi connectivity index (χ1v) is 7.68. The molecule has 0 aromatic rings. The molecule has 0 radical (unpaired) electrons. The number of hydrogen-bond donors (Lipinski definition) is 2. The molecule has 1 aliphatic rings. The lowest BCUT2D eigenvalue weighted by molar-refractivity contribution is -0.149. The Bertz CT molecular complexity index is 309. The Balaban J connectivity index is 2.38. The van der Waals surface area contributed by atoms with Crippen LogP contribution in [0.15, 0.2) is 0 Å². The molecule has 0 saturated heterocycles. The van der Waals surface area contributed by atoms with Gasteiger partial charge in [-0.3, -0.25) is 9.59 Å². The van der Waals surface area contributed by atoms with Crippen LogP contribution in [0.5, 0.6) is 0 Å². The lowest BCUT2D eigenvalue weighted by Crippen LogP contribution is -2.42. The van der Waals surface area contributed by atoms with Crippen molar-refractivity contribution in [2.24, 2.45) is 5.41 Å². The SMILES string of the molecule is CCOCCCC(=O)NCC1(C(=O)O)CCCCCC1. The monoisotopic (exact) mass is 285 g/mol. The summed E-state index contributed by atoms with van der Waals surface area (Å²) in [6.45, 7) is 3.41. The van der Waals surface area contributed by atoms with Crippen molar-refractivity contribution < 1.29 is 19.4 Å². The normalized spacial score (nSPS) is 18.2. The minimum atomic E-state index is -0.769. The number of carboxylic acids is 1. The molecule has 0 bridgehead atoms. The Hall–Kier alpha value is -1.10. The van der Waals surface area contributed by atoms with Gasteiger partial charge in [-0.2, -0.15) is 0 Å². The third kappa shape index (κ3) is 5.49. The van der Waals surface area contributed by atoms with Crippen molar-refractivity contribution in [3.8, 4) is 0 Å². The average molecular weight is 285 g/mol. The van der Waals surface area contributed by atoms with Gasteiger partial charge in [0.15, 0.2) is 0 Å². The lowest BCUT2D eigenvalue weighted by Gasteiger charge is -2.28. The summed E-state index contributed by atoms with van der Waals surface area (Å²) in [5, 5.41) is 12.3. The minimum absolute atomic E-state index is 0.0745. The Morgan fingerprint density at radius 1 is 1.20 bits per heavy atom. The summed E-state index contributed by atoms with van der Waals surface area (Å²) >= 11 is 0. The maximum absolute atomic E-state index is 11.7. The number of carbonyl (C=O) groups excluding carboxylic acids is 1. The van der Waals surface area contributed by atoms with E-state index in [9.17, 15) is 14.7 Å². The van der Waals surface area contributed by atoms with Crippen molar-refractivity contribution in [2.75, 3.05) is 19.8 Å². The quantitative estimate of drug-likeness (QED) is 0.530. The van der Waals surface area contributed by atoms with E-state index in [0.29, 0.717) is 38.9 Å². The van der Waals surface area contributed by atoms with Crippen LogP contribution in [0.25, 0.3) is 0 Å². The standard InChI is InChI=1S/C15H27NO4/c1-2-20-11-7-8-13(17)16-12-15(14(18)19)9-5-3-4-6-10-15/h2-12H2,1H3,(H,16,17)(H,18,19). The zero-order chi connectivity index (χ0) is 14.8. The molecule has 1 rings (SSSR count). The second-order valence-electron chi connectivity index (χ2n) is 5.58.